The number of halogens is 2. The van der Waals surface area contributed by atoms with Gasteiger partial charge in [-0.25, -0.2) is 4.39 Å². The van der Waals surface area contributed by atoms with Gasteiger partial charge >= 0.3 is 0 Å². The molecule has 0 saturated carbocycles. The largest absolute Gasteiger partial charge is 0.466 e. The van der Waals surface area contributed by atoms with Crippen LogP contribution in [0.3, 0.4) is 0 Å². The summed E-state index contributed by atoms with van der Waals surface area (Å²) in [6.45, 7) is 5.52. The lowest BCUT2D eigenvalue weighted by Gasteiger charge is -2.14. The van der Waals surface area contributed by atoms with E-state index < -0.39 is 11.7 Å². The fraction of sp³-hybridized carbons (Fsp3) is 0.267. The third-order valence-corrected chi connectivity index (χ3v) is 3.74. The Labute approximate surface area is 125 Å². The smallest absolute Gasteiger partial charge is 0.255 e. The normalized spacial score (nSPS) is 12.2. The molecule has 1 unspecified atom stereocenters. The molecule has 0 aliphatic rings. The van der Waals surface area contributed by atoms with Gasteiger partial charge in [-0.3, -0.25) is 4.79 Å². The summed E-state index contributed by atoms with van der Waals surface area (Å²) in [5.74, 6) is 0.526. The van der Waals surface area contributed by atoms with Gasteiger partial charge in [0.25, 0.3) is 5.91 Å². The second kappa shape index (κ2) is 5.79. The molecular formula is C15H15BrFNO2. The van der Waals surface area contributed by atoms with E-state index in [9.17, 15) is 9.18 Å². The first kappa shape index (κ1) is 14.8. The van der Waals surface area contributed by atoms with E-state index in [1.165, 1.54) is 6.07 Å². The Kier molecular flexibility index (Phi) is 4.28. The second-order valence-corrected chi connectivity index (χ2v) is 5.51. The summed E-state index contributed by atoms with van der Waals surface area (Å²) >= 11 is 3.19. The molecule has 1 heterocycles. The summed E-state index contributed by atoms with van der Waals surface area (Å²) in [4.78, 5) is 12.2. The maximum Gasteiger partial charge on any atom is 0.255 e. The van der Waals surface area contributed by atoms with Crippen LogP contribution in [0.25, 0.3) is 0 Å². The number of rotatable bonds is 3. The molecule has 3 nitrogen and oxygen atoms in total. The molecule has 1 aromatic carbocycles. The van der Waals surface area contributed by atoms with Gasteiger partial charge in [-0.15, -0.1) is 0 Å². The fourth-order valence-corrected chi connectivity index (χ4v) is 2.66. The molecule has 0 radical (unpaired) electrons. The van der Waals surface area contributed by atoms with E-state index >= 15 is 0 Å². The minimum absolute atomic E-state index is 0.0113. The maximum atomic E-state index is 13.7. The SMILES string of the molecule is Cc1cc(C(C)NC(=O)c2c(F)cccc2Br)c(C)o1. The average Bonchev–Trinajstić information content (AvgIpc) is 2.68. The van der Waals surface area contributed by atoms with Crippen molar-refractivity contribution in [2.75, 3.05) is 0 Å². The maximum absolute atomic E-state index is 13.7. The number of furan rings is 1. The van der Waals surface area contributed by atoms with Crippen LogP contribution in [0, 0.1) is 19.7 Å². The topological polar surface area (TPSA) is 42.2 Å². The van der Waals surface area contributed by atoms with Crippen LogP contribution in [0.1, 0.15) is 40.4 Å². The minimum atomic E-state index is -0.552. The first-order chi connectivity index (χ1) is 9.40. The molecule has 20 heavy (non-hydrogen) atoms. The van der Waals surface area contributed by atoms with Crippen LogP contribution in [0.5, 0.6) is 0 Å². The predicted octanol–water partition coefficient (Wildman–Crippen LogP) is 4.29. The van der Waals surface area contributed by atoms with E-state index in [0.29, 0.717) is 4.47 Å². The summed E-state index contributed by atoms with van der Waals surface area (Å²) < 4.78 is 19.6. The van der Waals surface area contributed by atoms with Gasteiger partial charge in [0.05, 0.1) is 11.6 Å². The first-order valence-corrected chi connectivity index (χ1v) is 7.01. The van der Waals surface area contributed by atoms with Crippen molar-refractivity contribution in [3.8, 4) is 0 Å². The monoisotopic (exact) mass is 339 g/mol. The van der Waals surface area contributed by atoms with Gasteiger partial charge in [0.1, 0.15) is 17.3 Å². The number of hydrogen-bond acceptors (Lipinski definition) is 2. The quantitative estimate of drug-likeness (QED) is 0.906. The number of nitrogens with one attached hydrogen (secondary N) is 1. The third kappa shape index (κ3) is 2.93. The lowest BCUT2D eigenvalue weighted by Crippen LogP contribution is -2.28. The molecule has 0 saturated heterocycles. The highest BCUT2D eigenvalue weighted by Gasteiger charge is 2.20. The highest BCUT2D eigenvalue weighted by atomic mass is 79.9. The summed E-state index contributed by atoms with van der Waals surface area (Å²) in [6.07, 6.45) is 0. The Morgan fingerprint density at radius 1 is 1.40 bits per heavy atom. The number of aryl methyl sites for hydroxylation is 2. The molecule has 2 rings (SSSR count). The highest BCUT2D eigenvalue weighted by Crippen LogP contribution is 2.24. The van der Waals surface area contributed by atoms with Crippen molar-refractivity contribution in [3.63, 3.8) is 0 Å². The minimum Gasteiger partial charge on any atom is -0.466 e. The zero-order valence-corrected chi connectivity index (χ0v) is 13.0. The summed E-state index contributed by atoms with van der Waals surface area (Å²) in [6, 6.07) is 6.05. The van der Waals surface area contributed by atoms with Gasteiger partial charge in [-0.05, 0) is 54.9 Å². The van der Waals surface area contributed by atoms with E-state index in [1.807, 2.05) is 26.8 Å². The predicted molar refractivity (Wildman–Crippen MR) is 78.2 cm³/mol. The number of carbonyl (C=O) groups is 1. The molecular weight excluding hydrogens is 325 g/mol. The number of carbonyl (C=O) groups excluding carboxylic acids is 1. The standard InChI is InChI=1S/C15H15BrFNO2/c1-8-7-11(10(3)20-8)9(2)18-15(19)14-12(16)5-4-6-13(14)17/h4-7,9H,1-3H3,(H,18,19). The highest BCUT2D eigenvalue weighted by molar-refractivity contribution is 9.10. The van der Waals surface area contributed by atoms with E-state index in [1.54, 1.807) is 12.1 Å². The van der Waals surface area contributed by atoms with Crippen LogP contribution in [0.2, 0.25) is 0 Å². The molecule has 0 spiro atoms. The zero-order chi connectivity index (χ0) is 14.9. The summed E-state index contributed by atoms with van der Waals surface area (Å²) in [5, 5.41) is 2.78. The molecule has 0 aliphatic carbocycles. The average molecular weight is 340 g/mol. The molecule has 1 aromatic heterocycles. The molecule has 0 aliphatic heterocycles. The molecule has 2 aromatic rings. The van der Waals surface area contributed by atoms with Crippen LogP contribution >= 0.6 is 15.9 Å². The Morgan fingerprint density at radius 2 is 2.10 bits per heavy atom. The number of benzene rings is 1. The van der Waals surface area contributed by atoms with Gasteiger partial charge in [-0.2, -0.15) is 0 Å². The van der Waals surface area contributed by atoms with E-state index in [0.717, 1.165) is 17.1 Å². The zero-order valence-electron chi connectivity index (χ0n) is 11.5. The Hall–Kier alpha value is -1.62. The van der Waals surface area contributed by atoms with Crippen molar-refractivity contribution >= 4 is 21.8 Å². The second-order valence-electron chi connectivity index (χ2n) is 4.66. The lowest BCUT2D eigenvalue weighted by molar-refractivity contribution is 0.0935. The molecule has 0 fully saturated rings. The Bertz CT molecular complexity index is 631. The summed E-state index contributed by atoms with van der Waals surface area (Å²) in [7, 11) is 0. The number of hydrogen-bond donors (Lipinski definition) is 1. The Morgan fingerprint density at radius 3 is 2.65 bits per heavy atom. The van der Waals surface area contributed by atoms with Crippen molar-refractivity contribution in [1.82, 2.24) is 5.32 Å². The van der Waals surface area contributed by atoms with E-state index in [-0.39, 0.29) is 11.6 Å². The third-order valence-electron chi connectivity index (χ3n) is 3.08. The van der Waals surface area contributed by atoms with Crippen LogP contribution in [-0.4, -0.2) is 5.91 Å². The first-order valence-electron chi connectivity index (χ1n) is 6.22. The van der Waals surface area contributed by atoms with Crippen LogP contribution in [0.15, 0.2) is 33.2 Å². The van der Waals surface area contributed by atoms with E-state index in [4.69, 9.17) is 4.42 Å². The molecule has 1 N–H and O–H groups in total. The van der Waals surface area contributed by atoms with Crippen LogP contribution in [0.4, 0.5) is 4.39 Å². The van der Waals surface area contributed by atoms with Crippen molar-refractivity contribution in [2.24, 2.45) is 0 Å². The summed E-state index contributed by atoms with van der Waals surface area (Å²) in [5.41, 5.74) is 0.903. The molecule has 106 valence electrons. The number of amides is 1. The van der Waals surface area contributed by atoms with Gasteiger partial charge in [0.2, 0.25) is 0 Å². The van der Waals surface area contributed by atoms with Crippen molar-refractivity contribution in [3.05, 3.63) is 57.2 Å². The Balaban J connectivity index is 2.22. The van der Waals surface area contributed by atoms with Gasteiger partial charge < -0.3 is 9.73 Å². The molecule has 1 atom stereocenters. The van der Waals surface area contributed by atoms with Gasteiger partial charge in [-0.1, -0.05) is 6.07 Å². The van der Waals surface area contributed by atoms with Gasteiger partial charge in [0.15, 0.2) is 0 Å². The van der Waals surface area contributed by atoms with Crippen molar-refractivity contribution in [1.29, 1.82) is 0 Å². The molecule has 1 amide bonds. The molecule has 0 bridgehead atoms. The van der Waals surface area contributed by atoms with Crippen molar-refractivity contribution < 1.29 is 13.6 Å². The fourth-order valence-electron chi connectivity index (χ4n) is 2.14. The lowest BCUT2D eigenvalue weighted by atomic mass is 10.1. The van der Waals surface area contributed by atoms with Crippen LogP contribution < -0.4 is 5.32 Å². The van der Waals surface area contributed by atoms with Gasteiger partial charge in [0, 0.05) is 10.0 Å². The van der Waals surface area contributed by atoms with Crippen LogP contribution in [-0.2, 0) is 0 Å². The molecule has 5 heteroatoms. The van der Waals surface area contributed by atoms with Crippen molar-refractivity contribution in [2.45, 2.75) is 26.8 Å². The van der Waals surface area contributed by atoms with E-state index in [2.05, 4.69) is 21.2 Å².